The minimum absolute atomic E-state index is 0.732. The van der Waals surface area contributed by atoms with Gasteiger partial charge in [-0.05, 0) is 24.3 Å². The van der Waals surface area contributed by atoms with Gasteiger partial charge >= 0.3 is 0 Å². The molecule has 0 unspecified atom stereocenters. The van der Waals surface area contributed by atoms with Crippen molar-refractivity contribution in [3.63, 3.8) is 0 Å². The van der Waals surface area contributed by atoms with Crippen LogP contribution >= 0.6 is 0 Å². The molecule has 18 heavy (non-hydrogen) atoms. The zero-order valence-corrected chi connectivity index (χ0v) is 10.2. The molecule has 0 aliphatic heterocycles. The van der Waals surface area contributed by atoms with E-state index in [9.17, 15) is 0 Å². The molecule has 4 heteroatoms. The Balaban J connectivity index is 1.96. The average Bonchev–Trinajstić information content (AvgIpc) is 2.83. The maximum Gasteiger partial charge on any atom is 0.126 e. The smallest absolute Gasteiger partial charge is 0.126 e. The van der Waals surface area contributed by atoms with Gasteiger partial charge in [-0.2, -0.15) is 0 Å². The quantitative estimate of drug-likeness (QED) is 0.762. The van der Waals surface area contributed by atoms with Crippen LogP contribution in [0, 0.1) is 0 Å². The summed E-state index contributed by atoms with van der Waals surface area (Å²) in [4.78, 5) is 8.89. The van der Waals surface area contributed by atoms with Crippen LogP contribution in [0.15, 0.2) is 48.8 Å². The van der Waals surface area contributed by atoms with Crippen molar-refractivity contribution in [2.75, 3.05) is 12.4 Å². The van der Waals surface area contributed by atoms with E-state index in [1.165, 1.54) is 0 Å². The summed E-state index contributed by atoms with van der Waals surface area (Å²) >= 11 is 0. The number of hydrogen-bond donors (Lipinski definition) is 1. The number of nitrogens with one attached hydrogen (secondary N) is 1. The lowest BCUT2D eigenvalue weighted by molar-refractivity contribution is 0.798. The second-order valence-corrected chi connectivity index (χ2v) is 4.13. The number of hydrogen-bond acceptors (Lipinski definition) is 3. The summed E-state index contributed by atoms with van der Waals surface area (Å²) in [5.41, 5.74) is 3.17. The lowest BCUT2D eigenvalue weighted by Crippen LogP contribution is -2.02. The monoisotopic (exact) mass is 238 g/mol. The predicted molar refractivity (Wildman–Crippen MR) is 72.6 cm³/mol. The first-order chi connectivity index (χ1) is 8.86. The summed E-state index contributed by atoms with van der Waals surface area (Å²) in [7, 11) is 1.87. The van der Waals surface area contributed by atoms with Crippen molar-refractivity contribution in [1.82, 2.24) is 14.5 Å². The molecule has 0 spiro atoms. The Hall–Kier alpha value is -2.36. The Kier molecular flexibility index (Phi) is 2.68. The van der Waals surface area contributed by atoms with Gasteiger partial charge < -0.3 is 9.88 Å². The van der Waals surface area contributed by atoms with Crippen LogP contribution < -0.4 is 5.32 Å². The molecule has 90 valence electrons. The van der Waals surface area contributed by atoms with Crippen LogP contribution in [0.2, 0.25) is 0 Å². The summed E-state index contributed by atoms with van der Waals surface area (Å²) in [5, 5.41) is 3.05. The van der Waals surface area contributed by atoms with Gasteiger partial charge in [0.2, 0.25) is 0 Å². The minimum Gasteiger partial charge on any atom is -0.373 e. The third kappa shape index (κ3) is 1.93. The fourth-order valence-corrected chi connectivity index (χ4v) is 2.02. The predicted octanol–water partition coefficient (Wildman–Crippen LogP) is 2.52. The number of para-hydroxylation sites is 2. The molecule has 0 aliphatic carbocycles. The van der Waals surface area contributed by atoms with Gasteiger partial charge in [-0.25, -0.2) is 9.97 Å². The Labute approximate surface area is 105 Å². The molecule has 2 heterocycles. The SMILES string of the molecule is CNc1cccc(Cn2cnc3ccccc32)n1. The van der Waals surface area contributed by atoms with Crippen LogP contribution in [-0.4, -0.2) is 21.6 Å². The number of benzene rings is 1. The molecular weight excluding hydrogens is 224 g/mol. The maximum atomic E-state index is 4.51. The normalized spacial score (nSPS) is 10.7. The molecule has 3 aromatic rings. The molecule has 0 amide bonds. The van der Waals surface area contributed by atoms with Gasteiger partial charge in [0.05, 0.1) is 29.6 Å². The van der Waals surface area contributed by atoms with Gasteiger partial charge in [0.15, 0.2) is 0 Å². The molecule has 0 bridgehead atoms. The highest BCUT2D eigenvalue weighted by Gasteiger charge is 2.03. The van der Waals surface area contributed by atoms with E-state index in [2.05, 4.69) is 25.9 Å². The summed E-state index contributed by atoms with van der Waals surface area (Å²) in [6.45, 7) is 0.732. The fourth-order valence-electron chi connectivity index (χ4n) is 2.02. The van der Waals surface area contributed by atoms with E-state index in [1.807, 2.05) is 49.8 Å². The van der Waals surface area contributed by atoms with Crippen molar-refractivity contribution in [3.8, 4) is 0 Å². The molecule has 4 nitrogen and oxygen atoms in total. The summed E-state index contributed by atoms with van der Waals surface area (Å²) in [6, 6.07) is 14.1. The number of aromatic nitrogens is 3. The van der Waals surface area contributed by atoms with Gasteiger partial charge in [-0.15, -0.1) is 0 Å². The van der Waals surface area contributed by atoms with Crippen LogP contribution in [0.25, 0.3) is 11.0 Å². The van der Waals surface area contributed by atoms with Crippen LogP contribution in [0.5, 0.6) is 0 Å². The van der Waals surface area contributed by atoms with Gasteiger partial charge in [-0.3, -0.25) is 0 Å². The highest BCUT2D eigenvalue weighted by molar-refractivity contribution is 5.75. The minimum atomic E-state index is 0.732. The first-order valence-electron chi connectivity index (χ1n) is 5.90. The van der Waals surface area contributed by atoms with Crippen LogP contribution in [0.4, 0.5) is 5.82 Å². The van der Waals surface area contributed by atoms with E-state index in [4.69, 9.17) is 0 Å². The summed E-state index contributed by atoms with van der Waals surface area (Å²) in [6.07, 6.45) is 1.86. The van der Waals surface area contributed by atoms with Gasteiger partial charge in [0.25, 0.3) is 0 Å². The molecule has 0 aliphatic rings. The second-order valence-electron chi connectivity index (χ2n) is 4.13. The highest BCUT2D eigenvalue weighted by Crippen LogP contribution is 2.14. The van der Waals surface area contributed by atoms with E-state index in [-0.39, 0.29) is 0 Å². The van der Waals surface area contributed by atoms with Crippen molar-refractivity contribution >= 4 is 16.9 Å². The number of rotatable bonds is 3. The van der Waals surface area contributed by atoms with E-state index in [1.54, 1.807) is 0 Å². The third-order valence-corrected chi connectivity index (χ3v) is 2.92. The Morgan fingerprint density at radius 2 is 2.00 bits per heavy atom. The average molecular weight is 238 g/mol. The van der Waals surface area contributed by atoms with Crippen molar-refractivity contribution < 1.29 is 0 Å². The third-order valence-electron chi connectivity index (χ3n) is 2.92. The Bertz CT molecular complexity index is 672. The fraction of sp³-hybridized carbons (Fsp3) is 0.143. The molecule has 0 saturated heterocycles. The number of pyridine rings is 1. The largest absolute Gasteiger partial charge is 0.373 e. The van der Waals surface area contributed by atoms with Crippen LogP contribution in [0.3, 0.4) is 0 Å². The van der Waals surface area contributed by atoms with Crippen molar-refractivity contribution in [1.29, 1.82) is 0 Å². The molecule has 0 atom stereocenters. The molecule has 0 fully saturated rings. The first kappa shape index (κ1) is 10.8. The van der Waals surface area contributed by atoms with Crippen molar-refractivity contribution in [2.45, 2.75) is 6.54 Å². The molecule has 0 saturated carbocycles. The highest BCUT2D eigenvalue weighted by atomic mass is 15.1. The molecule has 1 N–H and O–H groups in total. The van der Waals surface area contributed by atoms with Crippen molar-refractivity contribution in [2.24, 2.45) is 0 Å². The summed E-state index contributed by atoms with van der Waals surface area (Å²) < 4.78 is 2.11. The van der Waals surface area contributed by atoms with E-state index >= 15 is 0 Å². The number of fused-ring (bicyclic) bond motifs is 1. The van der Waals surface area contributed by atoms with Gasteiger partial charge in [-0.1, -0.05) is 18.2 Å². The zero-order valence-electron chi connectivity index (χ0n) is 10.2. The molecule has 2 aromatic heterocycles. The molecular formula is C14H14N4. The molecule has 1 aromatic carbocycles. The van der Waals surface area contributed by atoms with Crippen molar-refractivity contribution in [3.05, 3.63) is 54.5 Å². The number of anilines is 1. The maximum absolute atomic E-state index is 4.51. The number of nitrogens with zero attached hydrogens (tertiary/aromatic N) is 3. The van der Waals surface area contributed by atoms with Gasteiger partial charge in [0.1, 0.15) is 5.82 Å². The first-order valence-corrected chi connectivity index (χ1v) is 5.90. The summed E-state index contributed by atoms with van der Waals surface area (Å²) in [5.74, 6) is 0.886. The van der Waals surface area contributed by atoms with Crippen LogP contribution in [0.1, 0.15) is 5.69 Å². The molecule has 3 rings (SSSR count). The Morgan fingerprint density at radius 1 is 1.11 bits per heavy atom. The number of imidazole rings is 1. The van der Waals surface area contributed by atoms with E-state index in [0.717, 1.165) is 29.1 Å². The lowest BCUT2D eigenvalue weighted by Gasteiger charge is -2.05. The second kappa shape index (κ2) is 4.49. The van der Waals surface area contributed by atoms with E-state index < -0.39 is 0 Å². The zero-order chi connectivity index (χ0) is 12.4. The lowest BCUT2D eigenvalue weighted by atomic mass is 10.3. The molecule has 0 radical (unpaired) electrons. The van der Waals surface area contributed by atoms with E-state index in [0.29, 0.717) is 0 Å². The topological polar surface area (TPSA) is 42.7 Å². The van der Waals surface area contributed by atoms with Crippen LogP contribution in [-0.2, 0) is 6.54 Å². The van der Waals surface area contributed by atoms with Gasteiger partial charge in [0, 0.05) is 7.05 Å². The Morgan fingerprint density at radius 3 is 2.89 bits per heavy atom. The standard InChI is InChI=1S/C14H14N4/c1-15-14-8-4-5-11(17-14)9-18-10-16-12-6-2-3-7-13(12)18/h2-8,10H,9H2,1H3,(H,15,17).